The van der Waals surface area contributed by atoms with Crippen molar-refractivity contribution in [2.45, 2.75) is 35.9 Å². The fourth-order valence-corrected chi connectivity index (χ4v) is 8.04. The molecule has 1 amide bonds. The number of rotatable bonds is 8. The van der Waals surface area contributed by atoms with E-state index in [1.165, 1.54) is 37.6 Å². The molecule has 2 aliphatic rings. The number of likely N-dealkylation sites (tertiary alicyclic amines) is 1. The lowest BCUT2D eigenvalue weighted by Gasteiger charge is -2.41. The Morgan fingerprint density at radius 1 is 1.14 bits per heavy atom. The minimum absolute atomic E-state index is 0.125. The third kappa shape index (κ3) is 4.66. The van der Waals surface area contributed by atoms with E-state index in [9.17, 15) is 13.7 Å². The molecule has 44 heavy (non-hydrogen) atoms. The molecule has 226 valence electrons. The van der Waals surface area contributed by atoms with Crippen molar-refractivity contribution < 1.29 is 22.4 Å². The summed E-state index contributed by atoms with van der Waals surface area (Å²) in [5.74, 6) is 0.158. The number of hydrogen-bond acceptors (Lipinski definition) is 9. The predicted octanol–water partition coefficient (Wildman–Crippen LogP) is 5.09. The molecular weight excluding hydrogens is 602 g/mol. The summed E-state index contributed by atoms with van der Waals surface area (Å²) in [5.41, 5.74) is 0.650. The number of amides is 1. The van der Waals surface area contributed by atoms with Crippen LogP contribution in [-0.4, -0.2) is 56.9 Å². The lowest BCUT2D eigenvalue weighted by Crippen LogP contribution is -2.54. The van der Waals surface area contributed by atoms with Gasteiger partial charge in [0.2, 0.25) is 5.89 Å². The number of anilines is 1. The van der Waals surface area contributed by atoms with Gasteiger partial charge in [-0.25, -0.2) is 17.7 Å². The molecule has 10 nitrogen and oxygen atoms in total. The number of halogens is 1. The normalized spacial score (nSPS) is 20.2. The van der Waals surface area contributed by atoms with Gasteiger partial charge in [-0.05, 0) is 81.0 Å². The van der Waals surface area contributed by atoms with Crippen LogP contribution >= 0.6 is 11.6 Å². The Hall–Kier alpha value is -4.21. The Morgan fingerprint density at radius 2 is 1.91 bits per heavy atom. The van der Waals surface area contributed by atoms with E-state index in [1.807, 2.05) is 48.2 Å². The van der Waals surface area contributed by atoms with Crippen LogP contribution < -0.4 is 9.04 Å². The highest BCUT2D eigenvalue weighted by Gasteiger charge is 2.62. The highest BCUT2D eigenvalue weighted by atomic mass is 35.5. The molecule has 0 radical (unpaired) electrons. The Labute approximate surface area is 261 Å². The Kier molecular flexibility index (Phi) is 7.71. The minimum Gasteiger partial charge on any atom is -0.496 e. The third-order valence-electron chi connectivity index (χ3n) is 8.16. The number of methoxy groups -OCH3 is 1. The van der Waals surface area contributed by atoms with Gasteiger partial charge in [-0.3, -0.25) is 9.69 Å². The van der Waals surface area contributed by atoms with Crippen LogP contribution in [0.4, 0.5) is 5.69 Å². The summed E-state index contributed by atoms with van der Waals surface area (Å²) >= 11 is 6.60. The molecule has 1 aromatic heterocycles. The van der Waals surface area contributed by atoms with Gasteiger partial charge in [0, 0.05) is 29.2 Å². The molecular formula is C32H30ClN5O5S. The molecule has 1 saturated heterocycles. The topological polar surface area (TPSA) is 120 Å². The van der Waals surface area contributed by atoms with Crippen molar-refractivity contribution in [1.82, 2.24) is 14.8 Å². The first kappa shape index (κ1) is 29.8. The smallest absolute Gasteiger partial charge is 0.271 e. The van der Waals surface area contributed by atoms with Crippen LogP contribution in [0.1, 0.15) is 47.0 Å². The van der Waals surface area contributed by atoms with E-state index in [0.717, 1.165) is 9.87 Å². The molecule has 1 fully saturated rings. The molecule has 0 aliphatic carbocycles. The van der Waals surface area contributed by atoms with E-state index in [-0.39, 0.29) is 10.6 Å². The standard InChI is InChI=1S/C32H30ClN5O5S/c1-36(2)20-22-8-12-25(29(17-22)42-3)32(37-15-4-5-28(37)30-35-14-16-43-30)26-18-23(33)9-13-27(26)38(31(32)39)44(40,41)24-10-6-21(19-34)7-11-24/h6-14,16-18,28H,4-5,15,20H2,1-3H3/t28-,32?/m0/s1. The number of nitrogens with zero attached hydrogens (tertiary/aromatic N) is 5. The molecule has 0 spiro atoms. The summed E-state index contributed by atoms with van der Waals surface area (Å²) in [4.78, 5) is 23.6. The summed E-state index contributed by atoms with van der Waals surface area (Å²) in [6.45, 7) is 1.07. The number of sulfonamides is 1. The van der Waals surface area contributed by atoms with Crippen LogP contribution in [0.15, 0.2) is 82.4 Å². The van der Waals surface area contributed by atoms with Crippen LogP contribution in [0.3, 0.4) is 0 Å². The average Bonchev–Trinajstić information content (AvgIpc) is 3.76. The second-order valence-corrected chi connectivity index (χ2v) is 13.3. The zero-order valence-electron chi connectivity index (χ0n) is 24.4. The van der Waals surface area contributed by atoms with Gasteiger partial charge >= 0.3 is 0 Å². The van der Waals surface area contributed by atoms with Crippen LogP contribution in [0.25, 0.3) is 0 Å². The van der Waals surface area contributed by atoms with Gasteiger partial charge in [-0.1, -0.05) is 23.7 Å². The number of hydrogen-bond donors (Lipinski definition) is 0. The SMILES string of the molecule is COc1cc(CN(C)C)ccc1C1(N2CCC[C@H]2c2ncco2)C(=O)N(S(=O)(=O)c2ccc(C#N)cc2)c2ccc(Cl)cc21. The maximum absolute atomic E-state index is 15.3. The first-order chi connectivity index (χ1) is 21.1. The van der Waals surface area contributed by atoms with Crippen molar-refractivity contribution in [1.29, 1.82) is 5.26 Å². The first-order valence-corrected chi connectivity index (χ1v) is 15.8. The number of benzene rings is 3. The maximum atomic E-state index is 15.3. The number of nitriles is 1. The molecule has 0 bridgehead atoms. The van der Waals surface area contributed by atoms with Gasteiger partial charge in [0.25, 0.3) is 15.9 Å². The molecule has 0 saturated carbocycles. The van der Waals surface area contributed by atoms with Crippen LogP contribution in [-0.2, 0) is 26.9 Å². The second kappa shape index (κ2) is 11.4. The second-order valence-electron chi connectivity index (χ2n) is 11.1. The van der Waals surface area contributed by atoms with Gasteiger partial charge in [0.1, 0.15) is 12.0 Å². The lowest BCUT2D eigenvalue weighted by molar-refractivity contribution is -0.127. The molecule has 12 heteroatoms. The summed E-state index contributed by atoms with van der Waals surface area (Å²) in [6.07, 6.45) is 4.38. The number of carbonyl (C=O) groups excluding carboxylic acids is 1. The van der Waals surface area contributed by atoms with Crippen molar-refractivity contribution in [3.05, 3.63) is 106 Å². The summed E-state index contributed by atoms with van der Waals surface area (Å²) in [6, 6.07) is 17.5. The zero-order chi connectivity index (χ0) is 31.2. The van der Waals surface area contributed by atoms with Crippen molar-refractivity contribution in [3.8, 4) is 11.8 Å². The number of oxazole rings is 1. The molecule has 4 aromatic rings. The summed E-state index contributed by atoms with van der Waals surface area (Å²) in [5, 5.41) is 9.61. The minimum atomic E-state index is -4.44. The molecule has 3 aromatic carbocycles. The van der Waals surface area contributed by atoms with Crippen LogP contribution in [0.5, 0.6) is 5.75 Å². The fraction of sp³-hybridized carbons (Fsp3) is 0.281. The lowest BCUT2D eigenvalue weighted by atomic mass is 9.80. The van der Waals surface area contributed by atoms with Gasteiger partial charge in [-0.2, -0.15) is 5.26 Å². The van der Waals surface area contributed by atoms with E-state index < -0.39 is 27.5 Å². The van der Waals surface area contributed by atoms with Crippen molar-refractivity contribution in [2.24, 2.45) is 0 Å². The maximum Gasteiger partial charge on any atom is 0.271 e. The molecule has 2 atom stereocenters. The van der Waals surface area contributed by atoms with Gasteiger partial charge in [-0.15, -0.1) is 0 Å². The van der Waals surface area contributed by atoms with E-state index in [1.54, 1.807) is 24.4 Å². The number of fused-ring (bicyclic) bond motifs is 1. The van der Waals surface area contributed by atoms with E-state index in [2.05, 4.69) is 4.98 Å². The van der Waals surface area contributed by atoms with E-state index in [4.69, 9.17) is 20.8 Å². The van der Waals surface area contributed by atoms with E-state index in [0.29, 0.717) is 59.3 Å². The highest BCUT2D eigenvalue weighted by Crippen LogP contribution is 2.56. The van der Waals surface area contributed by atoms with Crippen LogP contribution in [0, 0.1) is 11.3 Å². The largest absolute Gasteiger partial charge is 0.496 e. The zero-order valence-corrected chi connectivity index (χ0v) is 26.0. The molecule has 6 rings (SSSR count). The Morgan fingerprint density at radius 3 is 2.57 bits per heavy atom. The summed E-state index contributed by atoms with van der Waals surface area (Å²) in [7, 11) is 1.00. The Balaban J connectivity index is 1.65. The van der Waals surface area contributed by atoms with E-state index >= 15 is 4.79 Å². The molecule has 2 aliphatic heterocycles. The van der Waals surface area contributed by atoms with Gasteiger partial charge < -0.3 is 14.1 Å². The van der Waals surface area contributed by atoms with Gasteiger partial charge in [0.15, 0.2) is 5.54 Å². The van der Waals surface area contributed by atoms with Gasteiger partial charge in [0.05, 0.1) is 41.6 Å². The number of carbonyl (C=O) groups is 1. The predicted molar refractivity (Wildman–Crippen MR) is 164 cm³/mol. The van der Waals surface area contributed by atoms with Crippen molar-refractivity contribution in [3.63, 3.8) is 0 Å². The quantitative estimate of drug-likeness (QED) is 0.262. The first-order valence-electron chi connectivity index (χ1n) is 14.0. The van der Waals surface area contributed by atoms with Crippen molar-refractivity contribution in [2.75, 3.05) is 32.1 Å². The third-order valence-corrected chi connectivity index (χ3v) is 10.1. The average molecular weight is 632 g/mol. The fourth-order valence-electron chi connectivity index (χ4n) is 6.41. The molecule has 1 unspecified atom stereocenters. The molecule has 3 heterocycles. The Bertz CT molecular complexity index is 1870. The summed E-state index contributed by atoms with van der Waals surface area (Å²) < 4.78 is 41.3. The number of ether oxygens (including phenoxy) is 1. The number of aromatic nitrogens is 1. The highest BCUT2D eigenvalue weighted by molar-refractivity contribution is 7.93. The van der Waals surface area contributed by atoms with Crippen LogP contribution in [0.2, 0.25) is 5.02 Å². The van der Waals surface area contributed by atoms with Crippen molar-refractivity contribution >= 4 is 33.2 Å². The molecule has 0 N–H and O–H groups in total. The monoisotopic (exact) mass is 631 g/mol.